The van der Waals surface area contributed by atoms with Gasteiger partial charge in [0, 0.05) is 6.54 Å². The molecule has 2 heterocycles. The standard InChI is InChI=1S/C8H10FN3O/c9-6-3-11-8(12-4-6)13-7-1-2-10-5-7/h3-4,7,10H,1-2,5H2. The van der Waals surface area contributed by atoms with Crippen molar-refractivity contribution in [3.05, 3.63) is 18.2 Å². The third kappa shape index (κ3) is 2.12. The van der Waals surface area contributed by atoms with Crippen molar-refractivity contribution in [2.75, 3.05) is 13.1 Å². The molecule has 1 aliphatic heterocycles. The van der Waals surface area contributed by atoms with Crippen molar-refractivity contribution in [1.82, 2.24) is 15.3 Å². The summed E-state index contributed by atoms with van der Waals surface area (Å²) in [6.45, 7) is 1.76. The quantitative estimate of drug-likeness (QED) is 0.719. The first-order chi connectivity index (χ1) is 6.34. The van der Waals surface area contributed by atoms with E-state index >= 15 is 0 Å². The van der Waals surface area contributed by atoms with Crippen LogP contribution in [-0.4, -0.2) is 29.2 Å². The molecule has 2 rings (SSSR count). The van der Waals surface area contributed by atoms with E-state index in [0.29, 0.717) is 0 Å². The molecule has 5 heteroatoms. The lowest BCUT2D eigenvalue weighted by Gasteiger charge is -2.09. The van der Waals surface area contributed by atoms with Crippen LogP contribution in [0.2, 0.25) is 0 Å². The summed E-state index contributed by atoms with van der Waals surface area (Å²) in [6, 6.07) is 0.245. The predicted octanol–water partition coefficient (Wildman–Crippen LogP) is 0.356. The van der Waals surface area contributed by atoms with Gasteiger partial charge in [0.25, 0.3) is 0 Å². The van der Waals surface area contributed by atoms with E-state index in [1.54, 1.807) is 0 Å². The second kappa shape index (κ2) is 3.66. The average molecular weight is 183 g/mol. The van der Waals surface area contributed by atoms with Crippen molar-refractivity contribution in [2.24, 2.45) is 0 Å². The first kappa shape index (κ1) is 8.37. The molecule has 0 radical (unpaired) electrons. The average Bonchev–Trinajstić information content (AvgIpc) is 2.62. The molecule has 1 unspecified atom stereocenters. The van der Waals surface area contributed by atoms with Gasteiger partial charge in [-0.1, -0.05) is 0 Å². The maximum Gasteiger partial charge on any atom is 0.316 e. The van der Waals surface area contributed by atoms with Gasteiger partial charge in [-0.05, 0) is 13.0 Å². The van der Waals surface area contributed by atoms with Gasteiger partial charge in [0.1, 0.15) is 6.10 Å². The van der Waals surface area contributed by atoms with Gasteiger partial charge in [0.15, 0.2) is 5.82 Å². The monoisotopic (exact) mass is 183 g/mol. The zero-order valence-corrected chi connectivity index (χ0v) is 7.03. The molecule has 70 valence electrons. The van der Waals surface area contributed by atoms with Crippen LogP contribution in [0.3, 0.4) is 0 Å². The summed E-state index contributed by atoms with van der Waals surface area (Å²) in [7, 11) is 0. The molecule has 0 saturated carbocycles. The number of hydrogen-bond donors (Lipinski definition) is 1. The van der Waals surface area contributed by atoms with Crippen LogP contribution < -0.4 is 10.1 Å². The normalized spacial score (nSPS) is 21.8. The Morgan fingerprint density at radius 2 is 2.23 bits per heavy atom. The zero-order valence-electron chi connectivity index (χ0n) is 7.03. The Balaban J connectivity index is 1.97. The van der Waals surface area contributed by atoms with Crippen LogP contribution >= 0.6 is 0 Å². The van der Waals surface area contributed by atoms with Crippen molar-refractivity contribution >= 4 is 0 Å². The van der Waals surface area contributed by atoms with E-state index < -0.39 is 5.82 Å². The Morgan fingerprint density at radius 1 is 1.46 bits per heavy atom. The Hall–Kier alpha value is -1.23. The number of nitrogens with zero attached hydrogens (tertiary/aromatic N) is 2. The summed E-state index contributed by atoms with van der Waals surface area (Å²) < 4.78 is 17.8. The lowest BCUT2D eigenvalue weighted by molar-refractivity contribution is 0.203. The third-order valence-corrected chi connectivity index (χ3v) is 1.88. The van der Waals surface area contributed by atoms with Crippen LogP contribution in [0, 0.1) is 5.82 Å². The van der Waals surface area contributed by atoms with Crippen molar-refractivity contribution in [3.8, 4) is 6.01 Å². The van der Waals surface area contributed by atoms with Crippen LogP contribution in [0.15, 0.2) is 12.4 Å². The molecule has 0 amide bonds. The van der Waals surface area contributed by atoms with Gasteiger partial charge in [-0.2, -0.15) is 0 Å². The van der Waals surface area contributed by atoms with Gasteiger partial charge in [-0.25, -0.2) is 14.4 Å². The minimum Gasteiger partial charge on any atom is -0.459 e. The molecule has 1 aliphatic rings. The van der Waals surface area contributed by atoms with E-state index in [0.717, 1.165) is 31.9 Å². The van der Waals surface area contributed by atoms with Crippen molar-refractivity contribution < 1.29 is 9.13 Å². The van der Waals surface area contributed by atoms with Gasteiger partial charge in [0.05, 0.1) is 12.4 Å². The third-order valence-electron chi connectivity index (χ3n) is 1.88. The molecule has 0 aliphatic carbocycles. The molecule has 1 aromatic heterocycles. The van der Waals surface area contributed by atoms with Crippen molar-refractivity contribution in [2.45, 2.75) is 12.5 Å². The van der Waals surface area contributed by atoms with E-state index in [-0.39, 0.29) is 12.1 Å². The number of aromatic nitrogens is 2. The molecule has 1 aromatic rings. The number of ether oxygens (including phenoxy) is 1. The molecular weight excluding hydrogens is 173 g/mol. The maximum atomic E-state index is 12.4. The largest absolute Gasteiger partial charge is 0.459 e. The second-order valence-electron chi connectivity index (χ2n) is 2.92. The minimum absolute atomic E-state index is 0.116. The van der Waals surface area contributed by atoms with Crippen LogP contribution in [0.5, 0.6) is 6.01 Å². The lowest BCUT2D eigenvalue weighted by atomic mass is 10.3. The minimum atomic E-state index is -0.447. The van der Waals surface area contributed by atoms with Crippen molar-refractivity contribution in [1.29, 1.82) is 0 Å². The Kier molecular flexibility index (Phi) is 2.35. The van der Waals surface area contributed by atoms with Crippen LogP contribution in [-0.2, 0) is 0 Å². The smallest absolute Gasteiger partial charge is 0.316 e. The zero-order chi connectivity index (χ0) is 9.10. The van der Waals surface area contributed by atoms with E-state index in [9.17, 15) is 4.39 Å². The van der Waals surface area contributed by atoms with Gasteiger partial charge in [-0.15, -0.1) is 0 Å². The molecular formula is C8H10FN3O. The highest BCUT2D eigenvalue weighted by Crippen LogP contribution is 2.08. The van der Waals surface area contributed by atoms with E-state index in [4.69, 9.17) is 4.74 Å². The van der Waals surface area contributed by atoms with Gasteiger partial charge >= 0.3 is 6.01 Å². The molecule has 0 spiro atoms. The highest BCUT2D eigenvalue weighted by Gasteiger charge is 2.16. The summed E-state index contributed by atoms with van der Waals surface area (Å²) >= 11 is 0. The number of halogens is 1. The van der Waals surface area contributed by atoms with Gasteiger partial charge in [-0.3, -0.25) is 0 Å². The van der Waals surface area contributed by atoms with E-state index in [2.05, 4.69) is 15.3 Å². The topological polar surface area (TPSA) is 47.0 Å². The van der Waals surface area contributed by atoms with Crippen molar-refractivity contribution in [3.63, 3.8) is 0 Å². The van der Waals surface area contributed by atoms with Crippen LogP contribution in [0.1, 0.15) is 6.42 Å². The van der Waals surface area contributed by atoms with Crippen LogP contribution in [0.4, 0.5) is 4.39 Å². The maximum absolute atomic E-state index is 12.4. The highest BCUT2D eigenvalue weighted by molar-refractivity contribution is 4.97. The summed E-state index contributed by atoms with van der Waals surface area (Å²) in [5.41, 5.74) is 0. The van der Waals surface area contributed by atoms with Crippen LogP contribution in [0.25, 0.3) is 0 Å². The molecule has 4 nitrogen and oxygen atoms in total. The number of hydrogen-bond acceptors (Lipinski definition) is 4. The first-order valence-electron chi connectivity index (χ1n) is 4.19. The van der Waals surface area contributed by atoms with Gasteiger partial charge < -0.3 is 10.1 Å². The summed E-state index contributed by atoms with van der Waals surface area (Å²) in [5, 5.41) is 3.15. The van der Waals surface area contributed by atoms with Gasteiger partial charge in [0.2, 0.25) is 0 Å². The summed E-state index contributed by atoms with van der Waals surface area (Å²) in [5.74, 6) is -0.447. The molecule has 1 fully saturated rings. The Morgan fingerprint density at radius 3 is 2.85 bits per heavy atom. The Labute approximate surface area is 75.2 Å². The molecule has 1 saturated heterocycles. The molecule has 0 bridgehead atoms. The fourth-order valence-electron chi connectivity index (χ4n) is 1.24. The molecule has 1 N–H and O–H groups in total. The number of nitrogens with one attached hydrogen (secondary N) is 1. The highest BCUT2D eigenvalue weighted by atomic mass is 19.1. The lowest BCUT2D eigenvalue weighted by Crippen LogP contribution is -2.20. The van der Waals surface area contributed by atoms with E-state index in [1.165, 1.54) is 0 Å². The number of rotatable bonds is 2. The first-order valence-corrected chi connectivity index (χ1v) is 4.19. The van der Waals surface area contributed by atoms with E-state index in [1.807, 2.05) is 0 Å². The fraction of sp³-hybridized carbons (Fsp3) is 0.500. The Bertz CT molecular complexity index is 271. The summed E-state index contributed by atoms with van der Waals surface area (Å²) in [6.07, 6.45) is 3.27. The molecule has 1 atom stereocenters. The molecule has 0 aromatic carbocycles. The fourth-order valence-corrected chi connectivity index (χ4v) is 1.24. The predicted molar refractivity (Wildman–Crippen MR) is 43.9 cm³/mol. The SMILES string of the molecule is Fc1cnc(OC2CCNC2)nc1. The molecule has 13 heavy (non-hydrogen) atoms. The summed E-state index contributed by atoms with van der Waals surface area (Å²) in [4.78, 5) is 7.41. The second-order valence-corrected chi connectivity index (χ2v) is 2.92.